The van der Waals surface area contributed by atoms with Crippen LogP contribution in [0.5, 0.6) is 0 Å². The molecule has 0 unspecified atom stereocenters. The number of benzene rings is 2. The summed E-state index contributed by atoms with van der Waals surface area (Å²) in [5.74, 6) is -1.28. The number of esters is 2. The van der Waals surface area contributed by atoms with E-state index in [9.17, 15) is 51.7 Å². The number of rotatable bonds is 10. The van der Waals surface area contributed by atoms with Crippen molar-refractivity contribution in [1.29, 1.82) is 42.1 Å². The van der Waals surface area contributed by atoms with E-state index in [-0.39, 0.29) is 67.5 Å². The van der Waals surface area contributed by atoms with Gasteiger partial charge in [0.05, 0.1) is 25.3 Å². The van der Waals surface area contributed by atoms with Gasteiger partial charge in [-0.25, -0.2) is 9.59 Å². The first kappa shape index (κ1) is 47.4. The molecule has 2 aromatic carbocycles. The topological polar surface area (TPSA) is 243 Å². The van der Waals surface area contributed by atoms with Crippen molar-refractivity contribution in [3.8, 4) is 70.8 Å². The van der Waals surface area contributed by atoms with Crippen LogP contribution < -0.4 is 0 Å². The number of hydrogen-bond donors (Lipinski definition) is 0. The molecule has 0 saturated carbocycles. The first-order valence-corrected chi connectivity index (χ1v) is 20.8. The Morgan fingerprint density at radius 2 is 0.721 bits per heavy atom. The monoisotopic (exact) mass is 884 g/mol. The van der Waals surface area contributed by atoms with Crippen LogP contribution in [0.1, 0.15) is 93.6 Å². The maximum absolute atomic E-state index is 13.3. The summed E-state index contributed by atoms with van der Waals surface area (Å²) >= 11 is 0. The fourth-order valence-corrected chi connectivity index (χ4v) is 8.20. The summed E-state index contributed by atoms with van der Waals surface area (Å²) in [6, 6.07) is 42.4. The summed E-state index contributed by atoms with van der Waals surface area (Å²) in [6.45, 7) is 7.93. The maximum atomic E-state index is 13.3. The fraction of sp³-hybridized carbons (Fsp3) is 0.143. The number of nitriles is 8. The van der Waals surface area contributed by atoms with Gasteiger partial charge in [0.25, 0.3) is 0 Å². The van der Waals surface area contributed by atoms with Crippen LogP contribution in [-0.4, -0.2) is 26.2 Å². The van der Waals surface area contributed by atoms with E-state index in [1.165, 1.54) is 26.4 Å². The standard InChI is InChI=1S/C56H36N8O4/c1-31(2)33-9-7-11-43-45(19-33)49(55(65)67-5)21-47(43)53(41(27-61)28-62)51(39(23-57)24-58)37-15-13-36-18-38(16-14-35(36)17-37)52(40(25-59)26-60)54(42(29-63)30-64)48-22-50(56(66)68-6)46-20-34(32(3)4)10-8-12-44(46)48/h7-22,31-32H,1-6H3. The highest BCUT2D eigenvalue weighted by Crippen LogP contribution is 2.47. The molecule has 0 spiro atoms. The molecule has 0 aromatic heterocycles. The third-order valence-electron chi connectivity index (χ3n) is 11.5. The molecule has 0 radical (unpaired) electrons. The first-order chi connectivity index (χ1) is 32.8. The van der Waals surface area contributed by atoms with E-state index < -0.39 is 34.2 Å². The van der Waals surface area contributed by atoms with Crippen molar-refractivity contribution in [3.05, 3.63) is 164 Å². The molecule has 12 heteroatoms. The minimum atomic E-state index is -0.687. The molecule has 4 aliphatic carbocycles. The molecular weight excluding hydrogens is 849 g/mol. The van der Waals surface area contributed by atoms with Gasteiger partial charge in [-0.2, -0.15) is 42.1 Å². The van der Waals surface area contributed by atoms with Crippen molar-refractivity contribution in [1.82, 2.24) is 0 Å². The number of nitrogens with zero attached hydrogens (tertiary/aromatic N) is 8. The summed E-state index contributed by atoms with van der Waals surface area (Å²) in [5, 5.41) is 84.5. The molecule has 6 rings (SSSR count). The summed E-state index contributed by atoms with van der Waals surface area (Å²) in [4.78, 5) is 26.6. The molecule has 4 aliphatic rings. The zero-order valence-corrected chi connectivity index (χ0v) is 37.6. The second-order valence-electron chi connectivity index (χ2n) is 15.9. The van der Waals surface area contributed by atoms with E-state index in [1.807, 2.05) is 101 Å². The van der Waals surface area contributed by atoms with E-state index >= 15 is 0 Å². The van der Waals surface area contributed by atoms with Gasteiger partial charge in [-0.3, -0.25) is 0 Å². The Hall–Kier alpha value is -10.1. The third-order valence-corrected chi connectivity index (χ3v) is 11.5. The van der Waals surface area contributed by atoms with Crippen LogP contribution in [0.25, 0.3) is 55.3 Å². The zero-order valence-electron chi connectivity index (χ0n) is 37.6. The Bertz CT molecular complexity index is 3270. The molecule has 12 nitrogen and oxygen atoms in total. The highest BCUT2D eigenvalue weighted by atomic mass is 16.5. The SMILES string of the molecule is COC(=O)c1cc(C(=C(C#N)C#N)C(=C(C#N)C#N)c2ccc3cc(C(=C(C#N)C#N)C(=C(C#N)C#N)c4cc(C(=O)OC)c5cc(C(C)C)cccc4-5)ccc3c2)c2cccc(C(C)C)cc1-2. The van der Waals surface area contributed by atoms with Crippen LogP contribution in [0, 0.1) is 90.6 Å². The van der Waals surface area contributed by atoms with E-state index in [0.29, 0.717) is 33.0 Å². The van der Waals surface area contributed by atoms with Crippen molar-refractivity contribution >= 4 is 45.0 Å². The van der Waals surface area contributed by atoms with E-state index in [4.69, 9.17) is 9.47 Å². The summed E-state index contributed by atoms with van der Waals surface area (Å²) in [5.41, 5.74) is 2.75. The van der Waals surface area contributed by atoms with Crippen LogP contribution in [0.3, 0.4) is 0 Å². The molecule has 0 fully saturated rings. The van der Waals surface area contributed by atoms with Crippen molar-refractivity contribution in [2.75, 3.05) is 14.2 Å². The van der Waals surface area contributed by atoms with Crippen LogP contribution in [0.15, 0.2) is 119 Å². The lowest BCUT2D eigenvalue weighted by Gasteiger charge is -2.17. The number of carbonyl (C=O) groups is 2. The number of carbonyl (C=O) groups excluding carboxylic acids is 2. The van der Waals surface area contributed by atoms with Gasteiger partial charge in [-0.15, -0.1) is 0 Å². The zero-order chi connectivity index (χ0) is 49.4. The van der Waals surface area contributed by atoms with Gasteiger partial charge < -0.3 is 9.47 Å². The molecule has 0 amide bonds. The Morgan fingerprint density at radius 1 is 0.397 bits per heavy atom. The lowest BCUT2D eigenvalue weighted by atomic mass is 9.83. The van der Waals surface area contributed by atoms with Gasteiger partial charge in [0.2, 0.25) is 0 Å². The molecule has 0 aliphatic heterocycles. The largest absolute Gasteiger partial charge is 0.465 e. The van der Waals surface area contributed by atoms with Gasteiger partial charge in [-0.05, 0) is 103 Å². The average molecular weight is 885 g/mol. The number of methoxy groups -OCH3 is 2. The van der Waals surface area contributed by atoms with Crippen molar-refractivity contribution in [3.63, 3.8) is 0 Å². The molecule has 0 saturated heterocycles. The smallest absolute Gasteiger partial charge is 0.338 e. The van der Waals surface area contributed by atoms with Crippen LogP contribution in [0.2, 0.25) is 0 Å². The van der Waals surface area contributed by atoms with E-state index in [1.54, 1.807) is 60.7 Å². The van der Waals surface area contributed by atoms with Gasteiger partial charge >= 0.3 is 11.9 Å². The fourth-order valence-electron chi connectivity index (χ4n) is 8.20. The molecule has 0 heterocycles. The lowest BCUT2D eigenvalue weighted by Crippen LogP contribution is -2.00. The van der Waals surface area contributed by atoms with Crippen LogP contribution in [0.4, 0.5) is 0 Å². The quantitative estimate of drug-likeness (QED) is 0.0708. The maximum Gasteiger partial charge on any atom is 0.338 e. The number of ether oxygens (including phenoxy) is 2. The minimum absolute atomic E-state index is 0.0480. The minimum Gasteiger partial charge on any atom is -0.465 e. The van der Waals surface area contributed by atoms with Gasteiger partial charge in [0, 0.05) is 22.3 Å². The van der Waals surface area contributed by atoms with Gasteiger partial charge in [-0.1, -0.05) is 100 Å². The Kier molecular flexibility index (Phi) is 14.1. The molecule has 0 N–H and O–H groups in total. The number of hydrogen-bond acceptors (Lipinski definition) is 12. The van der Waals surface area contributed by atoms with Crippen LogP contribution in [-0.2, 0) is 9.47 Å². The van der Waals surface area contributed by atoms with Crippen molar-refractivity contribution in [2.24, 2.45) is 0 Å². The normalized spacial score (nSPS) is 10.2. The van der Waals surface area contributed by atoms with Crippen molar-refractivity contribution < 1.29 is 19.1 Å². The predicted molar refractivity (Wildman–Crippen MR) is 254 cm³/mol. The Balaban J connectivity index is 1.64. The average Bonchev–Trinajstić information content (AvgIpc) is 3.66. The van der Waals surface area contributed by atoms with E-state index in [0.717, 1.165) is 11.1 Å². The third kappa shape index (κ3) is 8.62. The molecule has 324 valence electrons. The highest BCUT2D eigenvalue weighted by Gasteiger charge is 2.31. The van der Waals surface area contributed by atoms with Gasteiger partial charge in [0.1, 0.15) is 70.8 Å². The Labute approximate surface area is 393 Å². The Morgan fingerprint density at radius 3 is 1.01 bits per heavy atom. The van der Waals surface area contributed by atoms with E-state index in [2.05, 4.69) is 0 Å². The molecular formula is C56H36N8O4. The number of fused-ring (bicyclic) bond motifs is 3. The molecule has 0 bridgehead atoms. The molecule has 0 atom stereocenters. The molecule has 68 heavy (non-hydrogen) atoms. The van der Waals surface area contributed by atoms with Gasteiger partial charge in [0.15, 0.2) is 0 Å². The van der Waals surface area contributed by atoms with Crippen LogP contribution >= 0.6 is 0 Å². The second kappa shape index (κ2) is 20.2. The predicted octanol–water partition coefficient (Wildman–Crippen LogP) is 11.5. The summed E-state index contributed by atoms with van der Waals surface area (Å²) < 4.78 is 10.3. The van der Waals surface area contributed by atoms with Crippen molar-refractivity contribution in [2.45, 2.75) is 39.5 Å². The first-order valence-electron chi connectivity index (χ1n) is 20.8. The highest BCUT2D eigenvalue weighted by molar-refractivity contribution is 6.18. The lowest BCUT2D eigenvalue weighted by molar-refractivity contribution is 0.0593. The molecule has 2 aromatic rings. The summed E-state index contributed by atoms with van der Waals surface area (Å²) in [6.07, 6.45) is 0. The number of allylic oxidation sites excluding steroid dienone is 8. The second-order valence-corrected chi connectivity index (χ2v) is 15.9. The summed E-state index contributed by atoms with van der Waals surface area (Å²) in [7, 11) is 2.45.